The molecule has 0 radical (unpaired) electrons. The third-order valence-corrected chi connectivity index (χ3v) is 6.15. The molecule has 6 nitrogen and oxygen atoms in total. The number of hydrogen-bond acceptors (Lipinski definition) is 4. The fourth-order valence-electron chi connectivity index (χ4n) is 2.83. The average molecular weight is 374 g/mol. The summed E-state index contributed by atoms with van der Waals surface area (Å²) in [4.78, 5) is 11.8. The van der Waals surface area contributed by atoms with Crippen molar-refractivity contribution in [3.05, 3.63) is 54.1 Å². The largest absolute Gasteiger partial charge is 0.476 e. The first kappa shape index (κ1) is 18.3. The molecule has 138 valence electrons. The summed E-state index contributed by atoms with van der Waals surface area (Å²) in [6, 6.07) is 13.5. The molecule has 0 bridgehead atoms. The van der Waals surface area contributed by atoms with Gasteiger partial charge in [-0.25, -0.2) is 8.42 Å². The van der Waals surface area contributed by atoms with Gasteiger partial charge in [0, 0.05) is 0 Å². The quantitative estimate of drug-likeness (QED) is 0.893. The molecule has 2 N–H and O–H groups in total. The first-order valence-electron chi connectivity index (χ1n) is 8.29. The molecule has 1 amide bonds. The normalized spacial score (nSPS) is 17.3. The molecule has 2 aromatic carbocycles. The second-order valence-electron chi connectivity index (χ2n) is 7.29. The average Bonchev–Trinajstić information content (AvgIpc) is 2.60. The lowest BCUT2D eigenvalue weighted by atomic mass is 9.87. The molecular formula is C19H22N2O4S. The molecule has 0 saturated carbocycles. The minimum Gasteiger partial charge on any atom is -0.476 e. The van der Waals surface area contributed by atoms with Gasteiger partial charge in [-0.2, -0.15) is 0 Å². The smallest absolute Gasteiger partial charge is 0.264 e. The molecule has 0 unspecified atom stereocenters. The highest BCUT2D eigenvalue weighted by Crippen LogP contribution is 2.37. The van der Waals surface area contributed by atoms with Crippen molar-refractivity contribution in [3.8, 4) is 5.75 Å². The van der Waals surface area contributed by atoms with E-state index in [2.05, 4.69) is 20.8 Å². The number of para-hydroxylation sites is 2. The van der Waals surface area contributed by atoms with Crippen molar-refractivity contribution in [3.63, 3.8) is 0 Å². The van der Waals surface area contributed by atoms with E-state index in [9.17, 15) is 13.2 Å². The monoisotopic (exact) mass is 374 g/mol. The molecule has 26 heavy (non-hydrogen) atoms. The molecule has 0 aliphatic carbocycles. The van der Waals surface area contributed by atoms with Crippen LogP contribution in [0.2, 0.25) is 0 Å². The van der Waals surface area contributed by atoms with Crippen LogP contribution in [0.5, 0.6) is 5.75 Å². The predicted molar refractivity (Wildman–Crippen MR) is 99.7 cm³/mol. The highest BCUT2D eigenvalue weighted by Gasteiger charge is 2.36. The van der Waals surface area contributed by atoms with Crippen molar-refractivity contribution in [2.75, 3.05) is 10.8 Å². The van der Waals surface area contributed by atoms with Crippen LogP contribution in [0.15, 0.2) is 53.4 Å². The van der Waals surface area contributed by atoms with Crippen molar-refractivity contribution < 1.29 is 17.9 Å². The number of hydrogen-bond donors (Lipinski definition) is 1. The van der Waals surface area contributed by atoms with Crippen LogP contribution < -0.4 is 14.8 Å². The molecule has 0 fully saturated rings. The van der Waals surface area contributed by atoms with Crippen molar-refractivity contribution in [1.82, 2.24) is 0 Å². The maximum atomic E-state index is 13.2. The molecule has 0 aromatic heterocycles. The van der Waals surface area contributed by atoms with Gasteiger partial charge in [-0.15, -0.1) is 0 Å². The Morgan fingerprint density at radius 2 is 1.73 bits per heavy atom. The SMILES string of the molecule is CC(C)(C)c1ccc(S(=O)(=O)N2C[C@H](C(N)=O)Oc3ccccc32)cc1. The van der Waals surface area contributed by atoms with Gasteiger partial charge < -0.3 is 10.5 Å². The number of nitrogens with two attached hydrogens (primary N) is 1. The Morgan fingerprint density at radius 1 is 1.12 bits per heavy atom. The molecule has 0 saturated heterocycles. The van der Waals surface area contributed by atoms with Crippen LogP contribution in [0.25, 0.3) is 0 Å². The van der Waals surface area contributed by atoms with Gasteiger partial charge in [-0.1, -0.05) is 45.0 Å². The Kier molecular flexibility index (Phi) is 4.44. The maximum absolute atomic E-state index is 13.2. The van der Waals surface area contributed by atoms with E-state index < -0.39 is 22.0 Å². The number of primary amides is 1. The number of rotatable bonds is 3. The number of fused-ring (bicyclic) bond motifs is 1. The van der Waals surface area contributed by atoms with E-state index in [-0.39, 0.29) is 16.9 Å². The number of benzene rings is 2. The number of carbonyl (C=O) groups is 1. The van der Waals surface area contributed by atoms with Crippen LogP contribution in [-0.4, -0.2) is 27.0 Å². The van der Waals surface area contributed by atoms with Gasteiger partial charge in [-0.05, 0) is 35.2 Å². The Hall–Kier alpha value is -2.54. The molecule has 1 aliphatic rings. The molecule has 2 aromatic rings. The van der Waals surface area contributed by atoms with Crippen LogP contribution in [0, 0.1) is 0 Å². The molecule has 1 aliphatic heterocycles. The zero-order valence-electron chi connectivity index (χ0n) is 15.0. The van der Waals surface area contributed by atoms with Crippen LogP contribution in [-0.2, 0) is 20.2 Å². The Labute approximate surface area is 153 Å². The third-order valence-electron chi connectivity index (χ3n) is 4.36. The molecule has 1 atom stereocenters. The molecule has 0 spiro atoms. The van der Waals surface area contributed by atoms with Crippen molar-refractivity contribution >= 4 is 21.6 Å². The molecular weight excluding hydrogens is 352 g/mol. The standard InChI is InChI=1S/C19H22N2O4S/c1-19(2,3)13-8-10-14(11-9-13)26(23,24)21-12-17(18(20)22)25-16-7-5-4-6-15(16)21/h4-11,17H,12H2,1-3H3,(H2,20,22)/t17-/m1/s1. The van der Waals surface area contributed by atoms with E-state index in [0.29, 0.717) is 11.4 Å². The highest BCUT2D eigenvalue weighted by atomic mass is 32.2. The Balaban J connectivity index is 2.04. The lowest BCUT2D eigenvalue weighted by Gasteiger charge is -2.34. The van der Waals surface area contributed by atoms with Crippen LogP contribution in [0.1, 0.15) is 26.3 Å². The summed E-state index contributed by atoms with van der Waals surface area (Å²) in [5.41, 5.74) is 6.70. The van der Waals surface area contributed by atoms with E-state index in [1.807, 2.05) is 12.1 Å². The molecule has 3 rings (SSSR count). The fraction of sp³-hybridized carbons (Fsp3) is 0.316. The lowest BCUT2D eigenvalue weighted by molar-refractivity contribution is -0.124. The second-order valence-corrected chi connectivity index (χ2v) is 9.15. The van der Waals surface area contributed by atoms with E-state index in [1.54, 1.807) is 36.4 Å². The summed E-state index contributed by atoms with van der Waals surface area (Å²) >= 11 is 0. The summed E-state index contributed by atoms with van der Waals surface area (Å²) in [6.07, 6.45) is -1.03. The summed E-state index contributed by atoms with van der Waals surface area (Å²) in [5.74, 6) is -0.389. The van der Waals surface area contributed by atoms with Gasteiger partial charge in [0.25, 0.3) is 15.9 Å². The number of carbonyl (C=O) groups excluding carboxylic acids is 1. The molecule has 1 heterocycles. The van der Waals surface area contributed by atoms with Gasteiger partial charge in [0.2, 0.25) is 0 Å². The van der Waals surface area contributed by atoms with Crippen molar-refractivity contribution in [2.45, 2.75) is 37.2 Å². The van der Waals surface area contributed by atoms with Crippen molar-refractivity contribution in [2.24, 2.45) is 5.73 Å². The van der Waals surface area contributed by atoms with Gasteiger partial charge in [-0.3, -0.25) is 9.10 Å². The highest BCUT2D eigenvalue weighted by molar-refractivity contribution is 7.92. The fourth-order valence-corrected chi connectivity index (χ4v) is 4.31. The van der Waals surface area contributed by atoms with Gasteiger partial charge in [0.05, 0.1) is 17.1 Å². The minimum absolute atomic E-state index is 0.0785. The van der Waals surface area contributed by atoms with Crippen LogP contribution >= 0.6 is 0 Å². The van der Waals surface area contributed by atoms with Crippen LogP contribution in [0.3, 0.4) is 0 Å². The summed E-state index contributed by atoms with van der Waals surface area (Å²) < 4.78 is 33.1. The third kappa shape index (κ3) is 3.26. The Bertz CT molecular complexity index is 931. The minimum atomic E-state index is -3.86. The molecule has 7 heteroatoms. The first-order chi connectivity index (χ1) is 12.1. The summed E-state index contributed by atoms with van der Waals surface area (Å²) in [7, 11) is -3.86. The zero-order valence-corrected chi connectivity index (χ0v) is 15.8. The number of nitrogens with zero attached hydrogens (tertiary/aromatic N) is 1. The number of anilines is 1. The van der Waals surface area contributed by atoms with Crippen molar-refractivity contribution in [1.29, 1.82) is 0 Å². The van der Waals surface area contributed by atoms with E-state index in [4.69, 9.17) is 10.5 Å². The summed E-state index contributed by atoms with van der Waals surface area (Å²) in [5, 5.41) is 0. The lowest BCUT2D eigenvalue weighted by Crippen LogP contribution is -2.49. The second kappa shape index (κ2) is 6.32. The summed E-state index contributed by atoms with van der Waals surface area (Å²) in [6.45, 7) is 6.03. The zero-order chi connectivity index (χ0) is 19.1. The van der Waals surface area contributed by atoms with E-state index >= 15 is 0 Å². The number of sulfonamides is 1. The maximum Gasteiger partial charge on any atom is 0.264 e. The van der Waals surface area contributed by atoms with Gasteiger partial charge >= 0.3 is 0 Å². The number of amides is 1. The van der Waals surface area contributed by atoms with Gasteiger partial charge in [0.15, 0.2) is 6.10 Å². The topological polar surface area (TPSA) is 89.7 Å². The number of ether oxygens (including phenoxy) is 1. The van der Waals surface area contributed by atoms with Crippen LogP contribution in [0.4, 0.5) is 5.69 Å². The Morgan fingerprint density at radius 3 is 2.31 bits per heavy atom. The van der Waals surface area contributed by atoms with Gasteiger partial charge in [0.1, 0.15) is 5.75 Å². The van der Waals surface area contributed by atoms with E-state index in [0.717, 1.165) is 5.56 Å². The first-order valence-corrected chi connectivity index (χ1v) is 9.73. The van der Waals surface area contributed by atoms with E-state index in [1.165, 1.54) is 4.31 Å². The predicted octanol–water partition coefficient (Wildman–Crippen LogP) is 2.43.